The van der Waals surface area contributed by atoms with E-state index in [0.717, 1.165) is 39.0 Å². The van der Waals surface area contributed by atoms with Gasteiger partial charge in [0.1, 0.15) is 5.82 Å². The van der Waals surface area contributed by atoms with E-state index in [2.05, 4.69) is 24.1 Å². The number of hydrogen-bond donors (Lipinski definition) is 2. The highest BCUT2D eigenvalue weighted by Gasteiger charge is 2.40. The van der Waals surface area contributed by atoms with Crippen molar-refractivity contribution in [3.05, 3.63) is 29.5 Å². The molecule has 5 nitrogen and oxygen atoms in total. The Kier molecular flexibility index (Phi) is 11.6. The van der Waals surface area contributed by atoms with E-state index in [4.69, 9.17) is 10.7 Å². The summed E-state index contributed by atoms with van der Waals surface area (Å²) in [6, 6.07) is 1.62. The zero-order valence-electron chi connectivity index (χ0n) is 20.7. The maximum Gasteiger partial charge on any atom is 0.395 e. The molecule has 0 saturated heterocycles. The third-order valence-corrected chi connectivity index (χ3v) is 5.79. The first-order valence-electron chi connectivity index (χ1n) is 11.8. The highest BCUT2D eigenvalue weighted by atomic mass is 19.4. The normalized spacial score (nSPS) is 15.8. The minimum absolute atomic E-state index is 0.111. The number of allylic oxidation sites excluding steroid dienone is 1. The first kappa shape index (κ1) is 28.7. The lowest BCUT2D eigenvalue weighted by molar-refractivity contribution is -0.146. The van der Waals surface area contributed by atoms with Gasteiger partial charge >= 0.3 is 6.18 Å². The van der Waals surface area contributed by atoms with Crippen molar-refractivity contribution in [2.45, 2.75) is 98.2 Å². The number of alkyl halides is 3. The highest BCUT2D eigenvalue weighted by molar-refractivity contribution is 5.99. The van der Waals surface area contributed by atoms with Crippen LogP contribution in [-0.4, -0.2) is 28.8 Å². The van der Waals surface area contributed by atoms with Crippen molar-refractivity contribution in [2.24, 2.45) is 16.6 Å². The van der Waals surface area contributed by atoms with Crippen LogP contribution >= 0.6 is 0 Å². The van der Waals surface area contributed by atoms with Gasteiger partial charge in [0.25, 0.3) is 0 Å². The van der Waals surface area contributed by atoms with Crippen LogP contribution < -0.4 is 11.1 Å². The van der Waals surface area contributed by atoms with Crippen LogP contribution in [0.3, 0.4) is 0 Å². The number of nitrogens with zero attached hydrogens (tertiary/aromatic N) is 2. The standard InChI is InChI=1S/C25H39F3N4O/c1-7-10-12-19(11-8-2)31-17(5)15-21(29)20-13-14-30-23(32-24(33)16(4)9-3)22(20)18(6)25(26,27)28/h13-16,18-19H,7-12,29H2,1-6H3,(H,30,32,33)/b21-15-,31-17?. The number of aliphatic imine (C=N–C) groups is 1. The van der Waals surface area contributed by atoms with Crippen molar-refractivity contribution in [2.75, 3.05) is 5.32 Å². The van der Waals surface area contributed by atoms with Crippen LogP contribution in [-0.2, 0) is 4.79 Å². The molecular weight excluding hydrogens is 429 g/mol. The van der Waals surface area contributed by atoms with Crippen LogP contribution in [0, 0.1) is 5.92 Å². The van der Waals surface area contributed by atoms with Gasteiger partial charge in [0.15, 0.2) is 0 Å². The van der Waals surface area contributed by atoms with Gasteiger partial charge in [-0.15, -0.1) is 0 Å². The summed E-state index contributed by atoms with van der Waals surface area (Å²) in [5.74, 6) is -2.71. The van der Waals surface area contributed by atoms with Gasteiger partial charge in [0.05, 0.1) is 12.0 Å². The maximum atomic E-state index is 13.7. The number of aromatic nitrogens is 1. The minimum Gasteiger partial charge on any atom is -0.398 e. The number of carbonyl (C=O) groups is 1. The molecule has 1 aromatic heterocycles. The van der Waals surface area contributed by atoms with E-state index in [1.165, 1.54) is 12.3 Å². The van der Waals surface area contributed by atoms with Crippen molar-refractivity contribution in [3.63, 3.8) is 0 Å². The first-order valence-corrected chi connectivity index (χ1v) is 11.8. The Balaban J connectivity index is 3.46. The molecule has 0 aromatic carbocycles. The van der Waals surface area contributed by atoms with Gasteiger partial charge in [-0.05, 0) is 45.3 Å². The molecule has 3 N–H and O–H groups in total. The van der Waals surface area contributed by atoms with Gasteiger partial charge in [0, 0.05) is 34.7 Å². The summed E-state index contributed by atoms with van der Waals surface area (Å²) in [5.41, 5.74) is 7.17. The quantitative estimate of drug-likeness (QED) is 0.329. The zero-order chi connectivity index (χ0) is 25.2. The molecule has 1 heterocycles. The Hall–Kier alpha value is -2.38. The molecule has 0 fully saturated rings. The Bertz CT molecular complexity index is 833. The number of anilines is 1. The summed E-state index contributed by atoms with van der Waals surface area (Å²) in [6.07, 6.45) is 4.06. The predicted octanol–water partition coefficient (Wildman–Crippen LogP) is 6.85. The lowest BCUT2D eigenvalue weighted by Crippen LogP contribution is -2.26. The summed E-state index contributed by atoms with van der Waals surface area (Å²) in [7, 11) is 0. The molecule has 0 aliphatic carbocycles. The highest BCUT2D eigenvalue weighted by Crippen LogP contribution is 2.40. The van der Waals surface area contributed by atoms with E-state index in [1.54, 1.807) is 19.9 Å². The number of halogens is 3. The van der Waals surface area contributed by atoms with Gasteiger partial charge in [-0.3, -0.25) is 9.79 Å². The van der Waals surface area contributed by atoms with E-state index < -0.39 is 12.1 Å². The fourth-order valence-corrected chi connectivity index (χ4v) is 3.53. The van der Waals surface area contributed by atoms with Crippen LogP contribution in [0.25, 0.3) is 5.70 Å². The summed E-state index contributed by atoms with van der Waals surface area (Å²) >= 11 is 0. The van der Waals surface area contributed by atoms with E-state index in [-0.39, 0.29) is 40.5 Å². The molecule has 0 saturated carbocycles. The molecule has 186 valence electrons. The number of pyridine rings is 1. The molecule has 0 radical (unpaired) electrons. The van der Waals surface area contributed by atoms with Gasteiger partial charge in [-0.2, -0.15) is 13.2 Å². The van der Waals surface area contributed by atoms with Crippen molar-refractivity contribution >= 4 is 23.1 Å². The lowest BCUT2D eigenvalue weighted by atomic mass is 9.93. The van der Waals surface area contributed by atoms with Crippen LogP contribution in [0.5, 0.6) is 0 Å². The summed E-state index contributed by atoms with van der Waals surface area (Å²) in [6.45, 7) is 10.6. The third-order valence-electron chi connectivity index (χ3n) is 5.79. The second-order valence-electron chi connectivity index (χ2n) is 8.64. The molecule has 0 spiro atoms. The molecule has 1 aromatic rings. The van der Waals surface area contributed by atoms with Gasteiger partial charge in [-0.1, -0.05) is 47.0 Å². The second-order valence-corrected chi connectivity index (χ2v) is 8.64. The van der Waals surface area contributed by atoms with E-state index >= 15 is 0 Å². The van der Waals surface area contributed by atoms with Crippen molar-refractivity contribution in [1.82, 2.24) is 4.98 Å². The molecule has 1 rings (SSSR count). The maximum absolute atomic E-state index is 13.7. The molecular formula is C25H39F3N4O. The topological polar surface area (TPSA) is 80.4 Å². The SMILES string of the molecule is CCCCC(CCC)N=C(C)/C=C(\N)c1ccnc(NC(=O)C(C)CC)c1C(C)C(F)(F)F. The predicted molar refractivity (Wildman–Crippen MR) is 130 cm³/mol. The molecule has 0 aliphatic rings. The Morgan fingerprint density at radius 2 is 1.88 bits per heavy atom. The lowest BCUT2D eigenvalue weighted by Gasteiger charge is -2.23. The number of unbranched alkanes of at least 4 members (excludes halogenated alkanes) is 1. The number of rotatable bonds is 12. The number of carbonyl (C=O) groups excluding carboxylic acids is 1. The van der Waals surface area contributed by atoms with E-state index in [0.29, 0.717) is 12.1 Å². The Labute approximate surface area is 196 Å². The smallest absolute Gasteiger partial charge is 0.395 e. The Morgan fingerprint density at radius 1 is 1.21 bits per heavy atom. The monoisotopic (exact) mass is 468 g/mol. The average molecular weight is 469 g/mol. The molecule has 3 atom stereocenters. The van der Waals surface area contributed by atoms with Gasteiger partial charge in [-0.25, -0.2) is 4.98 Å². The summed E-state index contributed by atoms with van der Waals surface area (Å²) in [5, 5.41) is 2.57. The first-order chi connectivity index (χ1) is 15.5. The summed E-state index contributed by atoms with van der Waals surface area (Å²) < 4.78 is 41.2. The third kappa shape index (κ3) is 8.82. The number of nitrogens with one attached hydrogen (secondary N) is 1. The molecule has 1 amide bonds. The van der Waals surface area contributed by atoms with Crippen molar-refractivity contribution in [1.29, 1.82) is 0 Å². The van der Waals surface area contributed by atoms with Crippen molar-refractivity contribution in [3.8, 4) is 0 Å². The fraction of sp³-hybridized carbons (Fsp3) is 0.640. The van der Waals surface area contributed by atoms with Gasteiger partial charge < -0.3 is 11.1 Å². The number of amides is 1. The van der Waals surface area contributed by atoms with E-state index in [9.17, 15) is 18.0 Å². The second kappa shape index (κ2) is 13.4. The molecule has 0 aliphatic heterocycles. The van der Waals surface area contributed by atoms with Crippen LogP contribution in [0.15, 0.2) is 23.3 Å². The molecule has 3 unspecified atom stereocenters. The molecule has 8 heteroatoms. The van der Waals surface area contributed by atoms with Crippen molar-refractivity contribution < 1.29 is 18.0 Å². The van der Waals surface area contributed by atoms with Crippen LogP contribution in [0.2, 0.25) is 0 Å². The minimum atomic E-state index is -4.52. The molecule has 0 bridgehead atoms. The van der Waals surface area contributed by atoms with E-state index in [1.807, 2.05) is 6.92 Å². The van der Waals surface area contributed by atoms with Crippen LogP contribution in [0.1, 0.15) is 97.1 Å². The Morgan fingerprint density at radius 3 is 2.42 bits per heavy atom. The fourth-order valence-electron chi connectivity index (χ4n) is 3.53. The average Bonchev–Trinajstić information content (AvgIpc) is 2.75. The van der Waals surface area contributed by atoms with Gasteiger partial charge in [0.2, 0.25) is 5.91 Å². The van der Waals surface area contributed by atoms with Crippen LogP contribution in [0.4, 0.5) is 19.0 Å². The molecule has 33 heavy (non-hydrogen) atoms. The number of nitrogens with two attached hydrogens (primary N) is 1. The zero-order valence-corrected chi connectivity index (χ0v) is 20.7. The largest absolute Gasteiger partial charge is 0.398 e. The number of hydrogen-bond acceptors (Lipinski definition) is 4. The summed E-state index contributed by atoms with van der Waals surface area (Å²) in [4.78, 5) is 21.2.